The molecular formula is C17H16N2O4. The summed E-state index contributed by atoms with van der Waals surface area (Å²) < 4.78 is 6.80. The zero-order valence-electron chi connectivity index (χ0n) is 12.8. The molecule has 1 aromatic heterocycles. The van der Waals surface area contributed by atoms with Gasteiger partial charge in [0.05, 0.1) is 12.2 Å². The molecule has 118 valence electrons. The largest absolute Gasteiger partial charge is 0.479 e. The number of nitrogens with zero attached hydrogens (tertiary/aromatic N) is 1. The molecule has 1 atom stereocenters. The fourth-order valence-electron chi connectivity index (χ4n) is 2.37. The third-order valence-corrected chi connectivity index (χ3v) is 3.70. The van der Waals surface area contributed by atoms with E-state index < -0.39 is 6.10 Å². The molecule has 0 radical (unpaired) electrons. The summed E-state index contributed by atoms with van der Waals surface area (Å²) in [6, 6.07) is 8.11. The number of rotatable bonds is 3. The van der Waals surface area contributed by atoms with Crippen molar-refractivity contribution in [2.24, 2.45) is 0 Å². The van der Waals surface area contributed by atoms with Gasteiger partial charge in [0.25, 0.3) is 11.5 Å². The monoisotopic (exact) mass is 312 g/mol. The van der Waals surface area contributed by atoms with Gasteiger partial charge in [0.1, 0.15) is 5.75 Å². The lowest BCUT2D eigenvalue weighted by atomic mass is 10.1. The minimum atomic E-state index is -0.560. The second-order valence-electron chi connectivity index (χ2n) is 5.55. The van der Waals surface area contributed by atoms with E-state index in [1.807, 2.05) is 6.92 Å². The summed E-state index contributed by atoms with van der Waals surface area (Å²) in [5, 5.41) is 2.70. The van der Waals surface area contributed by atoms with E-state index in [2.05, 4.69) is 5.32 Å². The molecule has 1 aliphatic rings. The lowest BCUT2D eigenvalue weighted by Crippen LogP contribution is -2.34. The number of Topliss-reactive ketones (excluding diaryl/α,β-unsaturated/α-hetero) is 1. The van der Waals surface area contributed by atoms with E-state index in [9.17, 15) is 14.4 Å². The molecule has 1 aliphatic heterocycles. The van der Waals surface area contributed by atoms with Crippen LogP contribution in [0.15, 0.2) is 41.3 Å². The number of ketones is 1. The van der Waals surface area contributed by atoms with Crippen molar-refractivity contribution < 1.29 is 14.3 Å². The maximum Gasteiger partial charge on any atom is 0.265 e. The fourth-order valence-corrected chi connectivity index (χ4v) is 2.37. The number of amides is 1. The number of aryl methyl sites for hydroxylation is 1. The van der Waals surface area contributed by atoms with Gasteiger partial charge in [-0.25, -0.2) is 0 Å². The van der Waals surface area contributed by atoms with Crippen molar-refractivity contribution in [3.05, 3.63) is 58.0 Å². The predicted octanol–water partition coefficient (Wildman–Crippen LogP) is 1.76. The first-order valence-corrected chi connectivity index (χ1v) is 7.26. The van der Waals surface area contributed by atoms with Crippen molar-refractivity contribution in [1.29, 1.82) is 0 Å². The van der Waals surface area contributed by atoms with Crippen LogP contribution < -0.4 is 15.6 Å². The van der Waals surface area contributed by atoms with E-state index in [1.165, 1.54) is 10.6 Å². The SMILES string of the molecule is Cc1ccn(CC(=O)c2ccc3c(c2)NC(=O)C(C)O3)c(=O)c1. The standard InChI is InChI=1S/C17H16N2O4/c1-10-5-6-19(16(21)7-10)9-14(20)12-3-4-15-13(8-12)18-17(22)11(2)23-15/h3-8,11H,9H2,1-2H3,(H,18,22). The van der Waals surface area contributed by atoms with Crippen molar-refractivity contribution in [2.45, 2.75) is 26.5 Å². The molecule has 0 aliphatic carbocycles. The van der Waals surface area contributed by atoms with Crippen molar-refractivity contribution in [2.75, 3.05) is 5.32 Å². The molecule has 0 saturated carbocycles. The first kappa shape index (κ1) is 15.0. The summed E-state index contributed by atoms with van der Waals surface area (Å²) in [7, 11) is 0. The summed E-state index contributed by atoms with van der Waals surface area (Å²) in [6.45, 7) is 3.42. The van der Waals surface area contributed by atoms with E-state index in [0.717, 1.165) is 5.56 Å². The summed E-state index contributed by atoms with van der Waals surface area (Å²) in [6.07, 6.45) is 1.04. The quantitative estimate of drug-likeness (QED) is 0.876. The Hall–Kier alpha value is -2.89. The lowest BCUT2D eigenvalue weighted by molar-refractivity contribution is -0.122. The van der Waals surface area contributed by atoms with E-state index in [4.69, 9.17) is 4.74 Å². The Labute approximate surface area is 132 Å². The van der Waals surface area contributed by atoms with Gasteiger partial charge in [-0.15, -0.1) is 0 Å². The summed E-state index contributed by atoms with van der Waals surface area (Å²) in [5.74, 6) is 0.0598. The number of hydrogen-bond donors (Lipinski definition) is 1. The van der Waals surface area contributed by atoms with Gasteiger partial charge in [0.2, 0.25) is 0 Å². The maximum atomic E-state index is 12.4. The Kier molecular flexibility index (Phi) is 3.73. The number of pyridine rings is 1. The Bertz CT molecular complexity index is 854. The molecule has 0 bridgehead atoms. The van der Waals surface area contributed by atoms with Crippen LogP contribution in [0.4, 0.5) is 5.69 Å². The molecule has 0 fully saturated rings. The highest BCUT2D eigenvalue weighted by Gasteiger charge is 2.24. The number of ether oxygens (including phenoxy) is 1. The van der Waals surface area contributed by atoms with Crippen molar-refractivity contribution in [3.63, 3.8) is 0 Å². The van der Waals surface area contributed by atoms with E-state index in [-0.39, 0.29) is 23.8 Å². The fraction of sp³-hybridized carbons (Fsp3) is 0.235. The Balaban J connectivity index is 1.85. The molecule has 3 rings (SSSR count). The number of aromatic nitrogens is 1. The molecule has 2 aromatic rings. The van der Waals surface area contributed by atoms with Crippen LogP contribution in [0.5, 0.6) is 5.75 Å². The third kappa shape index (κ3) is 3.01. The highest BCUT2D eigenvalue weighted by molar-refractivity contribution is 6.01. The van der Waals surface area contributed by atoms with Gasteiger partial charge in [-0.3, -0.25) is 14.4 Å². The van der Waals surface area contributed by atoms with E-state index in [0.29, 0.717) is 17.0 Å². The van der Waals surface area contributed by atoms with Crippen LogP contribution in [0, 0.1) is 6.92 Å². The molecular weight excluding hydrogens is 296 g/mol. The van der Waals surface area contributed by atoms with Crippen LogP contribution in [-0.4, -0.2) is 22.4 Å². The summed E-state index contributed by atoms with van der Waals surface area (Å²) >= 11 is 0. The zero-order valence-corrected chi connectivity index (χ0v) is 12.8. The topological polar surface area (TPSA) is 77.4 Å². The maximum absolute atomic E-state index is 12.4. The van der Waals surface area contributed by atoms with E-state index in [1.54, 1.807) is 37.4 Å². The highest BCUT2D eigenvalue weighted by atomic mass is 16.5. The average Bonchev–Trinajstić information content (AvgIpc) is 2.50. The second kappa shape index (κ2) is 5.72. The van der Waals surface area contributed by atoms with Crippen LogP contribution in [0.25, 0.3) is 0 Å². The Morgan fingerprint density at radius 3 is 2.78 bits per heavy atom. The van der Waals surface area contributed by atoms with Gasteiger partial charge in [0.15, 0.2) is 11.9 Å². The van der Waals surface area contributed by atoms with Crippen LogP contribution in [0.3, 0.4) is 0 Å². The smallest absolute Gasteiger partial charge is 0.265 e. The third-order valence-electron chi connectivity index (χ3n) is 3.70. The molecule has 6 nitrogen and oxygen atoms in total. The summed E-state index contributed by atoms with van der Waals surface area (Å²) in [4.78, 5) is 35.9. The number of carbonyl (C=O) groups excluding carboxylic acids is 2. The summed E-state index contributed by atoms with van der Waals surface area (Å²) in [5.41, 5.74) is 1.51. The normalized spacial score (nSPS) is 16.3. The molecule has 2 heterocycles. The predicted molar refractivity (Wildman–Crippen MR) is 84.9 cm³/mol. The van der Waals surface area contributed by atoms with E-state index >= 15 is 0 Å². The van der Waals surface area contributed by atoms with Gasteiger partial charge in [0, 0.05) is 17.8 Å². The Morgan fingerprint density at radius 1 is 1.26 bits per heavy atom. The number of anilines is 1. The second-order valence-corrected chi connectivity index (χ2v) is 5.55. The number of carbonyl (C=O) groups is 2. The minimum Gasteiger partial charge on any atom is -0.479 e. The van der Waals surface area contributed by atoms with Gasteiger partial charge < -0.3 is 14.6 Å². The number of benzene rings is 1. The molecule has 6 heteroatoms. The number of nitrogens with one attached hydrogen (secondary N) is 1. The van der Waals surface area contributed by atoms with Gasteiger partial charge in [-0.2, -0.15) is 0 Å². The lowest BCUT2D eigenvalue weighted by Gasteiger charge is -2.23. The van der Waals surface area contributed by atoms with Gasteiger partial charge in [-0.05, 0) is 43.7 Å². The molecule has 1 amide bonds. The average molecular weight is 312 g/mol. The molecule has 1 unspecified atom stereocenters. The van der Waals surface area contributed by atoms with Crippen molar-refractivity contribution in [1.82, 2.24) is 4.57 Å². The number of hydrogen-bond acceptors (Lipinski definition) is 4. The van der Waals surface area contributed by atoms with Crippen LogP contribution >= 0.6 is 0 Å². The van der Waals surface area contributed by atoms with Crippen molar-refractivity contribution in [3.8, 4) is 5.75 Å². The molecule has 1 N–H and O–H groups in total. The van der Waals surface area contributed by atoms with Crippen LogP contribution in [-0.2, 0) is 11.3 Å². The minimum absolute atomic E-state index is 0.0525. The zero-order chi connectivity index (χ0) is 16.6. The number of fused-ring (bicyclic) bond motifs is 1. The Morgan fingerprint density at radius 2 is 2.04 bits per heavy atom. The molecule has 23 heavy (non-hydrogen) atoms. The highest BCUT2D eigenvalue weighted by Crippen LogP contribution is 2.30. The van der Waals surface area contributed by atoms with Gasteiger partial charge >= 0.3 is 0 Å². The first-order chi connectivity index (χ1) is 10.9. The van der Waals surface area contributed by atoms with Crippen LogP contribution in [0.1, 0.15) is 22.8 Å². The molecule has 0 saturated heterocycles. The first-order valence-electron chi connectivity index (χ1n) is 7.26. The molecule has 1 aromatic carbocycles. The van der Waals surface area contributed by atoms with Gasteiger partial charge in [-0.1, -0.05) is 0 Å². The van der Waals surface area contributed by atoms with Crippen LogP contribution in [0.2, 0.25) is 0 Å². The molecule has 0 spiro atoms. The van der Waals surface area contributed by atoms with Crippen molar-refractivity contribution >= 4 is 17.4 Å².